The molecule has 0 aliphatic carbocycles. The molecule has 0 nitrogen and oxygen atoms in total. The summed E-state index contributed by atoms with van der Waals surface area (Å²) in [5.74, 6) is 0.718. The first-order valence-electron chi connectivity index (χ1n) is 3.15. The molecular weight excluding hydrogens is 92.5 g/mol. The molecule has 2 bridgehead atoms. The van der Waals surface area contributed by atoms with E-state index >= 15 is 0 Å². The van der Waals surface area contributed by atoms with Crippen molar-refractivity contribution >= 4 is 21.6 Å². The van der Waals surface area contributed by atoms with Gasteiger partial charge in [0, 0.05) is 7.74 Å². The largest absolute Gasteiger partial charge is 0.116 e. The minimum absolute atomic E-state index is 0.435. The molecule has 3 radical (unpaired) electrons. The van der Waals surface area contributed by atoms with E-state index in [1.807, 2.05) is 0 Å². The Kier molecular flexibility index (Phi) is 0.872. The van der Waals surface area contributed by atoms with Crippen LogP contribution in [0.1, 0.15) is 0 Å². The summed E-state index contributed by atoms with van der Waals surface area (Å²) in [5, 5.41) is 0. The highest BCUT2D eigenvalue weighted by atomic mass is 14.1. The van der Waals surface area contributed by atoms with E-state index in [-0.39, 0.29) is 0 Å². The van der Waals surface area contributed by atoms with Crippen LogP contribution in [0.15, 0.2) is 12.2 Å². The average Bonchev–Trinajstić information content (AvgIpc) is 2.23. The van der Waals surface area contributed by atoms with E-state index in [0.717, 1.165) is 5.82 Å². The lowest BCUT2D eigenvalue weighted by atomic mass is 9.24. The minimum atomic E-state index is 0.435. The van der Waals surface area contributed by atoms with E-state index in [1.165, 1.54) is 6.32 Å². The molecule has 0 aromatic carbocycles. The first kappa shape index (κ1) is 4.78. The molecule has 3 heteroatoms. The Bertz CT molecular complexity index is 132. The predicted molar refractivity (Wildman–Crippen MR) is 38.7 cm³/mol. The van der Waals surface area contributed by atoms with Gasteiger partial charge in [0.15, 0.2) is 0 Å². The Balaban J connectivity index is 2.23. The Morgan fingerprint density at radius 3 is 2.75 bits per heavy atom. The molecule has 2 heterocycles. The molecule has 35 valence electrons. The van der Waals surface area contributed by atoms with E-state index in [4.69, 9.17) is 7.74 Å². The van der Waals surface area contributed by atoms with E-state index < -0.39 is 0 Å². The molecule has 1 saturated heterocycles. The Morgan fingerprint density at radius 1 is 1.62 bits per heavy atom. The van der Waals surface area contributed by atoms with Gasteiger partial charge in [-0.05, 0) is 0 Å². The Hall–Kier alpha value is -0.0652. The van der Waals surface area contributed by atoms with Gasteiger partial charge in [-0.15, -0.1) is 6.08 Å². The molecule has 0 N–H and O–H groups in total. The highest BCUT2D eigenvalue weighted by molar-refractivity contribution is 7.10. The molecule has 8 heavy (non-hydrogen) atoms. The second-order valence-electron chi connectivity index (χ2n) is 2.72. The van der Waals surface area contributed by atoms with Crippen molar-refractivity contribution in [2.75, 3.05) is 0 Å². The number of fused-ring (bicyclic) bond motifs is 2. The van der Waals surface area contributed by atoms with Gasteiger partial charge in [-0.25, -0.2) is 0 Å². The fraction of sp³-hybridized carbons (Fsp3) is 0.600. The number of hydrogen-bond donors (Lipinski definition) is 0. The van der Waals surface area contributed by atoms with Gasteiger partial charge >= 0.3 is 0 Å². The van der Waals surface area contributed by atoms with Crippen molar-refractivity contribution in [2.24, 2.45) is 0 Å². The normalized spacial score (nSPS) is 40.8. The summed E-state index contributed by atoms with van der Waals surface area (Å²) < 4.78 is 0. The zero-order chi connectivity index (χ0) is 5.56. The number of hydrogen-bond acceptors (Lipinski definition) is 0. The van der Waals surface area contributed by atoms with Crippen molar-refractivity contribution in [3.05, 3.63) is 12.2 Å². The van der Waals surface area contributed by atoms with Gasteiger partial charge in [0.1, 0.15) is 7.28 Å². The third-order valence-corrected chi connectivity index (χ3v) is 2.09. The van der Waals surface area contributed by atoms with Crippen molar-refractivity contribution in [3.8, 4) is 0 Å². The van der Waals surface area contributed by atoms with Crippen LogP contribution < -0.4 is 0 Å². The van der Waals surface area contributed by atoms with Crippen LogP contribution in [0.4, 0.5) is 0 Å². The SMILES string of the molecule is [B]B1CC2[B]C1C=C2. The molecule has 2 aliphatic heterocycles. The second kappa shape index (κ2) is 1.46. The van der Waals surface area contributed by atoms with Crippen molar-refractivity contribution in [1.29, 1.82) is 0 Å². The van der Waals surface area contributed by atoms with E-state index in [0.29, 0.717) is 12.3 Å². The molecular formula is C5H6B3. The van der Waals surface area contributed by atoms with Crippen LogP contribution in [0.2, 0.25) is 17.9 Å². The first-order chi connectivity index (χ1) is 3.86. The molecule has 2 atom stereocenters. The van der Waals surface area contributed by atoms with Crippen molar-refractivity contribution in [1.82, 2.24) is 0 Å². The highest BCUT2D eigenvalue weighted by Gasteiger charge is 2.34. The van der Waals surface area contributed by atoms with Crippen molar-refractivity contribution < 1.29 is 0 Å². The first-order valence-corrected chi connectivity index (χ1v) is 3.15. The van der Waals surface area contributed by atoms with Gasteiger partial charge < -0.3 is 0 Å². The van der Waals surface area contributed by atoms with Crippen LogP contribution in [0.5, 0.6) is 0 Å². The highest BCUT2D eigenvalue weighted by Crippen LogP contribution is 2.38. The summed E-state index contributed by atoms with van der Waals surface area (Å²) >= 11 is 0. The van der Waals surface area contributed by atoms with Crippen LogP contribution in [0, 0.1) is 0 Å². The summed E-state index contributed by atoms with van der Waals surface area (Å²) in [4.78, 5) is 0. The van der Waals surface area contributed by atoms with Crippen molar-refractivity contribution in [2.45, 2.75) is 17.9 Å². The molecule has 2 rings (SSSR count). The standard InChI is InChI=1S/C5H6B3/c6-8-3-4-1-2-5(8)7-4/h1-2,4-5H,3H2. The lowest BCUT2D eigenvalue weighted by Crippen LogP contribution is -2.15. The molecule has 2 unspecified atom stereocenters. The monoisotopic (exact) mass is 99.1 g/mol. The fourth-order valence-electron chi connectivity index (χ4n) is 1.60. The molecule has 2 aliphatic rings. The van der Waals surface area contributed by atoms with Gasteiger partial charge in [-0.2, -0.15) is 0 Å². The lowest BCUT2D eigenvalue weighted by molar-refractivity contribution is 1.19. The average molecular weight is 98.5 g/mol. The second-order valence-corrected chi connectivity index (χ2v) is 2.72. The quantitative estimate of drug-likeness (QED) is 0.307. The fourth-order valence-corrected chi connectivity index (χ4v) is 1.60. The van der Waals surface area contributed by atoms with Gasteiger partial charge in [0.2, 0.25) is 0 Å². The Morgan fingerprint density at radius 2 is 2.50 bits per heavy atom. The third kappa shape index (κ3) is 0.504. The van der Waals surface area contributed by atoms with Crippen LogP contribution in [-0.2, 0) is 0 Å². The molecule has 0 aromatic rings. The van der Waals surface area contributed by atoms with E-state index in [2.05, 4.69) is 19.4 Å². The van der Waals surface area contributed by atoms with Gasteiger partial charge in [-0.3, -0.25) is 0 Å². The third-order valence-electron chi connectivity index (χ3n) is 2.09. The van der Waals surface area contributed by atoms with Crippen LogP contribution in [-0.4, -0.2) is 21.6 Å². The number of rotatable bonds is 0. The zero-order valence-corrected chi connectivity index (χ0v) is 4.75. The summed E-state index contributed by atoms with van der Waals surface area (Å²) in [5.41, 5.74) is 0.611. The van der Waals surface area contributed by atoms with Crippen LogP contribution >= 0.6 is 0 Å². The van der Waals surface area contributed by atoms with Gasteiger partial charge in [-0.1, -0.05) is 23.9 Å². The zero-order valence-electron chi connectivity index (χ0n) is 4.75. The summed E-state index contributed by atoms with van der Waals surface area (Å²) in [6.07, 6.45) is 5.66. The van der Waals surface area contributed by atoms with Crippen LogP contribution in [0.25, 0.3) is 0 Å². The van der Waals surface area contributed by atoms with Crippen LogP contribution in [0.3, 0.4) is 0 Å². The lowest BCUT2D eigenvalue weighted by Gasteiger charge is -2.07. The Labute approximate surface area is 52.4 Å². The maximum atomic E-state index is 5.74. The smallest absolute Gasteiger partial charge is 0.101 e. The molecule has 0 spiro atoms. The molecule has 1 fully saturated rings. The topological polar surface area (TPSA) is 0 Å². The summed E-state index contributed by atoms with van der Waals surface area (Å²) in [6.45, 7) is 0.435. The van der Waals surface area contributed by atoms with Gasteiger partial charge in [0.25, 0.3) is 0 Å². The van der Waals surface area contributed by atoms with E-state index in [1.54, 1.807) is 0 Å². The maximum absolute atomic E-state index is 5.74. The van der Waals surface area contributed by atoms with E-state index in [9.17, 15) is 0 Å². The molecule has 0 aromatic heterocycles. The summed E-state index contributed by atoms with van der Waals surface area (Å²) in [7, 11) is 8.08. The minimum Gasteiger partial charge on any atom is -0.101 e. The van der Waals surface area contributed by atoms with Gasteiger partial charge in [0.05, 0.1) is 6.60 Å². The molecule has 0 amide bonds. The van der Waals surface area contributed by atoms with Crippen molar-refractivity contribution in [3.63, 3.8) is 0 Å². The summed E-state index contributed by atoms with van der Waals surface area (Å²) in [6, 6.07) is 0. The predicted octanol–water partition coefficient (Wildman–Crippen LogP) is 0.550. The molecule has 0 saturated carbocycles. The number of allylic oxidation sites excluding steroid dienone is 2. The maximum Gasteiger partial charge on any atom is 0.116 e.